The molecule has 0 saturated heterocycles. The van der Waals surface area contributed by atoms with Crippen LogP contribution in [0.2, 0.25) is 0 Å². The molecule has 0 atom stereocenters. The normalized spacial score (nSPS) is 23.5. The van der Waals surface area contributed by atoms with E-state index >= 15 is 0 Å². The van der Waals surface area contributed by atoms with Crippen LogP contribution in [-0.2, 0) is 6.42 Å². The van der Waals surface area contributed by atoms with Crippen molar-refractivity contribution in [3.05, 3.63) is 106 Å². The van der Waals surface area contributed by atoms with E-state index in [0.29, 0.717) is 10.8 Å². The molecule has 0 bridgehead atoms. The minimum absolute atomic E-state index is 0.613. The summed E-state index contributed by atoms with van der Waals surface area (Å²) in [6.45, 7) is 26.9. The number of rotatable bonds is 4. The van der Waals surface area contributed by atoms with Crippen molar-refractivity contribution < 1.29 is 0 Å². The van der Waals surface area contributed by atoms with Crippen molar-refractivity contribution in [2.75, 3.05) is 0 Å². The third-order valence-electron chi connectivity index (χ3n) is 11.7. The number of hydrogen-bond acceptors (Lipinski definition) is 0. The molecule has 0 heteroatoms. The Morgan fingerprint density at radius 1 is 0.500 bits per heavy atom. The Hall–Kier alpha value is -2.34. The van der Waals surface area contributed by atoms with Crippen molar-refractivity contribution in [2.24, 2.45) is 34.5 Å². The molecule has 0 heterocycles. The summed E-state index contributed by atoms with van der Waals surface area (Å²) in [5.74, 6) is 4.24. The van der Waals surface area contributed by atoms with Gasteiger partial charge in [0.25, 0.3) is 0 Å². The number of aryl methyl sites for hydroxylation is 4. The lowest BCUT2D eigenvalue weighted by Gasteiger charge is -2.40. The van der Waals surface area contributed by atoms with Crippen molar-refractivity contribution in [1.29, 1.82) is 0 Å². The van der Waals surface area contributed by atoms with Crippen molar-refractivity contribution in [2.45, 2.75) is 173 Å². The molecule has 0 N–H and O–H groups in total. The van der Waals surface area contributed by atoms with Gasteiger partial charge in [0.1, 0.15) is 0 Å². The molecule has 3 aliphatic carbocycles. The van der Waals surface area contributed by atoms with Crippen molar-refractivity contribution >= 4 is 0 Å². The zero-order valence-corrected chi connectivity index (χ0v) is 35.1. The first-order valence-corrected chi connectivity index (χ1v) is 20.8. The molecule has 0 nitrogen and oxygen atoms in total. The fourth-order valence-electron chi connectivity index (χ4n) is 8.43. The Kier molecular flexibility index (Phi) is 19.8. The summed E-state index contributed by atoms with van der Waals surface area (Å²) in [5.41, 5.74) is 9.36. The van der Waals surface area contributed by atoms with Crippen LogP contribution in [0.4, 0.5) is 0 Å². The minimum atomic E-state index is 0.613. The average molecular weight is 681 g/mol. The summed E-state index contributed by atoms with van der Waals surface area (Å²) in [6.07, 6.45) is 20.5. The number of hydrogen-bond donors (Lipinski definition) is 0. The molecule has 6 rings (SSSR count). The van der Waals surface area contributed by atoms with Gasteiger partial charge < -0.3 is 0 Å². The zero-order chi connectivity index (χ0) is 37.2. The van der Waals surface area contributed by atoms with Gasteiger partial charge in [0, 0.05) is 0 Å². The van der Waals surface area contributed by atoms with Crippen LogP contribution >= 0.6 is 0 Å². The molecule has 280 valence electrons. The van der Waals surface area contributed by atoms with E-state index in [9.17, 15) is 0 Å². The van der Waals surface area contributed by atoms with Gasteiger partial charge >= 0.3 is 0 Å². The van der Waals surface area contributed by atoms with Gasteiger partial charge in [0.2, 0.25) is 0 Å². The van der Waals surface area contributed by atoms with Crippen LogP contribution in [0.25, 0.3) is 0 Å². The summed E-state index contributed by atoms with van der Waals surface area (Å²) in [4.78, 5) is 0. The third-order valence-corrected chi connectivity index (χ3v) is 11.7. The molecular formula is C50H80. The first-order valence-electron chi connectivity index (χ1n) is 20.8. The quantitative estimate of drug-likeness (QED) is 0.257. The zero-order valence-electron chi connectivity index (χ0n) is 35.1. The van der Waals surface area contributed by atoms with Crippen LogP contribution in [-0.4, -0.2) is 0 Å². The Labute approximate surface area is 312 Å². The second-order valence-corrected chi connectivity index (χ2v) is 18.1. The molecule has 0 unspecified atom stereocenters. The summed E-state index contributed by atoms with van der Waals surface area (Å²) in [7, 11) is 0. The van der Waals surface area contributed by atoms with Gasteiger partial charge in [0.15, 0.2) is 0 Å². The summed E-state index contributed by atoms with van der Waals surface area (Å²) in [5, 5.41) is 0. The van der Waals surface area contributed by atoms with E-state index in [1.54, 1.807) is 6.42 Å². The summed E-state index contributed by atoms with van der Waals surface area (Å²) < 4.78 is 0. The lowest BCUT2D eigenvalue weighted by molar-refractivity contribution is 0.116. The van der Waals surface area contributed by atoms with Crippen LogP contribution in [0.3, 0.4) is 0 Å². The van der Waals surface area contributed by atoms with Gasteiger partial charge in [0.05, 0.1) is 0 Å². The maximum atomic E-state index is 2.43. The van der Waals surface area contributed by atoms with Gasteiger partial charge in [-0.25, -0.2) is 0 Å². The molecule has 0 aliphatic heterocycles. The molecule has 3 saturated carbocycles. The topological polar surface area (TPSA) is 0 Å². The lowest BCUT2D eigenvalue weighted by Crippen LogP contribution is -2.28. The highest BCUT2D eigenvalue weighted by Gasteiger charge is 2.32. The molecular weight excluding hydrogens is 601 g/mol. The van der Waals surface area contributed by atoms with Gasteiger partial charge in [-0.2, -0.15) is 0 Å². The van der Waals surface area contributed by atoms with Crippen LogP contribution in [0, 0.1) is 62.2 Å². The molecule has 50 heavy (non-hydrogen) atoms. The molecule has 0 spiro atoms. The van der Waals surface area contributed by atoms with Gasteiger partial charge in [-0.3, -0.25) is 0 Å². The standard InChI is InChI=1S/C15H28.C15H16.C10H20.C8H10.C2H6/c2*1-12-3-7-14(8-4-12)11-15-9-5-13(2)6-10-15;1-9(2)6-5-7-10(3,4)8-9;1-7-5-3-4-6-8(7)2;1-2/h12-15H,3-11H2,1-2H3;3-10H,11H2,1-2H3;5-8H2,1-4H3;3-6H,1-2H3;1-2H3. The summed E-state index contributed by atoms with van der Waals surface area (Å²) in [6, 6.07) is 25.9. The maximum Gasteiger partial charge on any atom is -0.00258 e. The van der Waals surface area contributed by atoms with E-state index in [1.165, 1.54) is 110 Å². The van der Waals surface area contributed by atoms with Gasteiger partial charge in [-0.05, 0) is 117 Å². The Balaban J connectivity index is 0.000000234. The monoisotopic (exact) mass is 681 g/mol. The van der Waals surface area contributed by atoms with Crippen molar-refractivity contribution in [1.82, 2.24) is 0 Å². The molecule has 0 aromatic heterocycles. The third kappa shape index (κ3) is 18.2. The lowest BCUT2D eigenvalue weighted by atomic mass is 9.65. The first kappa shape index (κ1) is 43.8. The highest BCUT2D eigenvalue weighted by atomic mass is 14.4. The number of benzene rings is 3. The summed E-state index contributed by atoms with van der Waals surface area (Å²) >= 11 is 0. The Morgan fingerprint density at radius 3 is 1.12 bits per heavy atom. The predicted molar refractivity (Wildman–Crippen MR) is 225 cm³/mol. The van der Waals surface area contributed by atoms with E-state index < -0.39 is 0 Å². The van der Waals surface area contributed by atoms with E-state index in [-0.39, 0.29) is 0 Å². The van der Waals surface area contributed by atoms with Gasteiger partial charge in [-0.15, -0.1) is 0 Å². The van der Waals surface area contributed by atoms with Crippen LogP contribution in [0.15, 0.2) is 72.8 Å². The fraction of sp³-hybridized carbons (Fsp3) is 0.640. The average Bonchev–Trinajstić information content (AvgIpc) is 3.07. The molecule has 0 amide bonds. The van der Waals surface area contributed by atoms with Crippen LogP contribution in [0.1, 0.15) is 172 Å². The minimum Gasteiger partial charge on any atom is -0.0683 e. The fourth-order valence-corrected chi connectivity index (χ4v) is 8.43. The first-order chi connectivity index (χ1) is 23.7. The Bertz CT molecular complexity index is 1180. The molecule has 0 radical (unpaired) electrons. The highest BCUT2D eigenvalue weighted by Crippen LogP contribution is 2.45. The molecule has 3 aromatic rings. The maximum absolute atomic E-state index is 2.43. The largest absolute Gasteiger partial charge is 0.0683 e. The second kappa shape index (κ2) is 22.6. The molecule has 3 aromatic carbocycles. The molecule has 3 aliphatic rings. The van der Waals surface area contributed by atoms with E-state index in [1.807, 2.05) is 13.8 Å². The van der Waals surface area contributed by atoms with Gasteiger partial charge in [-0.1, -0.05) is 197 Å². The van der Waals surface area contributed by atoms with Crippen LogP contribution in [0.5, 0.6) is 0 Å². The molecule has 3 fully saturated rings. The SMILES string of the molecule is CC.CC1(C)CCCC(C)(C)C1.CC1CCC(CC2CCC(C)CC2)CC1.Cc1ccc(Cc2ccc(C)cc2)cc1.Cc1ccccc1C. The van der Waals surface area contributed by atoms with E-state index in [2.05, 4.69) is 142 Å². The van der Waals surface area contributed by atoms with E-state index in [0.717, 1.165) is 30.1 Å². The van der Waals surface area contributed by atoms with Crippen molar-refractivity contribution in [3.63, 3.8) is 0 Å². The Morgan fingerprint density at radius 2 is 0.840 bits per heavy atom. The highest BCUT2D eigenvalue weighted by molar-refractivity contribution is 5.29. The smallest absolute Gasteiger partial charge is 0.00258 e. The van der Waals surface area contributed by atoms with Crippen molar-refractivity contribution in [3.8, 4) is 0 Å². The van der Waals surface area contributed by atoms with Crippen LogP contribution < -0.4 is 0 Å². The second-order valence-electron chi connectivity index (χ2n) is 18.1. The van der Waals surface area contributed by atoms with E-state index in [4.69, 9.17) is 0 Å². The predicted octanol–water partition coefficient (Wildman–Crippen LogP) is 15.9.